The van der Waals surface area contributed by atoms with Crippen molar-refractivity contribution in [1.29, 1.82) is 5.26 Å². The van der Waals surface area contributed by atoms with Gasteiger partial charge in [-0.25, -0.2) is 9.97 Å². The summed E-state index contributed by atoms with van der Waals surface area (Å²) in [5.41, 5.74) is -2.47. The third-order valence-corrected chi connectivity index (χ3v) is 2.85. The summed E-state index contributed by atoms with van der Waals surface area (Å²) < 4.78 is 38.7. The number of alkyl halides is 3. The minimum Gasteiger partial charge on any atom is -0.258 e. The highest BCUT2D eigenvalue weighted by atomic mass is 35.5. The normalized spacial score (nSPS) is 11.0. The second-order valence-corrected chi connectivity index (χ2v) is 4.33. The predicted molar refractivity (Wildman–Crippen MR) is 68.8 cm³/mol. The molecule has 0 N–H and O–H groups in total. The lowest BCUT2D eigenvalue weighted by atomic mass is 10.1. The number of nitriles is 1. The lowest BCUT2D eigenvalue weighted by molar-refractivity contribution is -0.384. The molecule has 1 heterocycles. The Morgan fingerprint density at radius 3 is 2.27 bits per heavy atom. The average Bonchev–Trinajstić information content (AvgIpc) is 2.45. The van der Waals surface area contributed by atoms with Crippen LogP contribution in [0.3, 0.4) is 0 Å². The largest absolute Gasteiger partial charge is 0.434 e. The van der Waals surface area contributed by atoms with E-state index in [4.69, 9.17) is 16.9 Å². The second kappa shape index (κ2) is 5.57. The van der Waals surface area contributed by atoms with Gasteiger partial charge in [0.05, 0.1) is 4.92 Å². The van der Waals surface area contributed by atoms with Crippen molar-refractivity contribution in [3.8, 4) is 17.5 Å². The van der Waals surface area contributed by atoms with Crippen LogP contribution in [-0.4, -0.2) is 14.9 Å². The molecule has 6 nitrogen and oxygen atoms in total. The number of aromatic nitrogens is 2. The maximum Gasteiger partial charge on any atom is 0.434 e. The third-order valence-electron chi connectivity index (χ3n) is 2.58. The quantitative estimate of drug-likeness (QED) is 0.477. The van der Waals surface area contributed by atoms with E-state index in [1.165, 1.54) is 18.2 Å². The number of benzene rings is 1. The number of halogens is 4. The molecule has 112 valence electrons. The molecule has 0 saturated carbocycles. The molecule has 0 unspecified atom stereocenters. The highest BCUT2D eigenvalue weighted by Gasteiger charge is 2.37. The summed E-state index contributed by atoms with van der Waals surface area (Å²) in [6.45, 7) is 0. The Hall–Kier alpha value is -2.73. The first kappa shape index (κ1) is 15.7. The molecule has 0 atom stereocenters. The first-order chi connectivity index (χ1) is 10.2. The van der Waals surface area contributed by atoms with Gasteiger partial charge in [-0.15, -0.1) is 0 Å². The van der Waals surface area contributed by atoms with Crippen LogP contribution in [0.2, 0.25) is 5.15 Å². The van der Waals surface area contributed by atoms with E-state index in [1.54, 1.807) is 0 Å². The number of nitrogens with zero attached hydrogens (tertiary/aromatic N) is 4. The zero-order valence-corrected chi connectivity index (χ0v) is 11.2. The van der Waals surface area contributed by atoms with Crippen LogP contribution in [0, 0.1) is 21.4 Å². The van der Waals surface area contributed by atoms with Gasteiger partial charge in [-0.05, 0) is 12.1 Å². The SMILES string of the molecule is N#Cc1c(Cl)nc(-c2ccc([N+](=O)[O-])cc2)nc1C(F)(F)F. The van der Waals surface area contributed by atoms with Crippen LogP contribution in [0.15, 0.2) is 24.3 Å². The summed E-state index contributed by atoms with van der Waals surface area (Å²) >= 11 is 5.59. The summed E-state index contributed by atoms with van der Waals surface area (Å²) in [5, 5.41) is 18.6. The van der Waals surface area contributed by atoms with Crippen molar-refractivity contribution in [3.63, 3.8) is 0 Å². The van der Waals surface area contributed by atoms with Crippen LogP contribution in [0.5, 0.6) is 0 Å². The van der Waals surface area contributed by atoms with Crippen LogP contribution >= 0.6 is 11.6 Å². The molecule has 0 aliphatic rings. The molecular weight excluding hydrogens is 325 g/mol. The van der Waals surface area contributed by atoms with Gasteiger partial charge in [0.1, 0.15) is 11.6 Å². The molecule has 2 aromatic rings. The second-order valence-electron chi connectivity index (χ2n) is 3.98. The van der Waals surface area contributed by atoms with Crippen molar-refractivity contribution in [1.82, 2.24) is 9.97 Å². The first-order valence-corrected chi connectivity index (χ1v) is 5.91. The van der Waals surface area contributed by atoms with Crippen molar-refractivity contribution < 1.29 is 18.1 Å². The Labute approximate surface area is 126 Å². The minimum absolute atomic E-state index is 0.0995. The number of nitro groups is 1. The van der Waals surface area contributed by atoms with Crippen LogP contribution in [0.4, 0.5) is 18.9 Å². The van der Waals surface area contributed by atoms with Crippen LogP contribution < -0.4 is 0 Å². The Bertz CT molecular complexity index is 785. The van der Waals surface area contributed by atoms with E-state index in [1.807, 2.05) is 0 Å². The summed E-state index contributed by atoms with van der Waals surface area (Å²) in [5.74, 6) is -0.383. The van der Waals surface area contributed by atoms with Gasteiger partial charge in [-0.2, -0.15) is 18.4 Å². The molecule has 1 aromatic carbocycles. The highest BCUT2D eigenvalue weighted by Crippen LogP contribution is 2.34. The molecule has 0 fully saturated rings. The fraction of sp³-hybridized carbons (Fsp3) is 0.0833. The van der Waals surface area contributed by atoms with Crippen LogP contribution in [0.25, 0.3) is 11.4 Å². The molecule has 22 heavy (non-hydrogen) atoms. The average molecular weight is 329 g/mol. The fourth-order valence-corrected chi connectivity index (χ4v) is 1.81. The van der Waals surface area contributed by atoms with Crippen molar-refractivity contribution >= 4 is 17.3 Å². The van der Waals surface area contributed by atoms with Gasteiger partial charge in [0.2, 0.25) is 0 Å². The van der Waals surface area contributed by atoms with Crippen LogP contribution in [0.1, 0.15) is 11.3 Å². The van der Waals surface area contributed by atoms with Crippen molar-refractivity contribution in [3.05, 3.63) is 50.8 Å². The lowest BCUT2D eigenvalue weighted by Gasteiger charge is -2.10. The number of rotatable bonds is 2. The van der Waals surface area contributed by atoms with E-state index >= 15 is 0 Å². The zero-order valence-electron chi connectivity index (χ0n) is 10.4. The fourth-order valence-electron chi connectivity index (χ4n) is 1.60. The summed E-state index contributed by atoms with van der Waals surface area (Å²) in [6.07, 6.45) is -4.88. The summed E-state index contributed by atoms with van der Waals surface area (Å²) in [4.78, 5) is 16.8. The number of hydrogen-bond acceptors (Lipinski definition) is 5. The third kappa shape index (κ3) is 2.96. The van der Waals surface area contributed by atoms with Gasteiger partial charge in [0.15, 0.2) is 16.7 Å². The molecule has 1 aromatic heterocycles. The standard InChI is InChI=1S/C12H4ClF3N4O2/c13-10-8(5-17)9(12(14,15)16)18-11(19-10)6-1-3-7(4-2-6)20(21)22/h1-4H. The van der Waals surface area contributed by atoms with Gasteiger partial charge in [0, 0.05) is 17.7 Å². The highest BCUT2D eigenvalue weighted by molar-refractivity contribution is 6.30. The number of non-ortho nitro benzene ring substituents is 1. The first-order valence-electron chi connectivity index (χ1n) is 5.53. The van der Waals surface area contributed by atoms with E-state index in [9.17, 15) is 23.3 Å². The van der Waals surface area contributed by atoms with Crippen molar-refractivity contribution in [2.45, 2.75) is 6.18 Å². The van der Waals surface area contributed by atoms with E-state index < -0.39 is 27.5 Å². The Balaban J connectivity index is 2.60. The van der Waals surface area contributed by atoms with Crippen molar-refractivity contribution in [2.75, 3.05) is 0 Å². The number of hydrogen-bond donors (Lipinski definition) is 0. The van der Waals surface area contributed by atoms with Gasteiger partial charge < -0.3 is 0 Å². The number of nitro benzene ring substituents is 1. The molecule has 0 aliphatic heterocycles. The zero-order chi connectivity index (χ0) is 16.5. The van der Waals surface area contributed by atoms with E-state index in [2.05, 4.69) is 9.97 Å². The maximum atomic E-state index is 12.9. The Morgan fingerprint density at radius 2 is 1.82 bits per heavy atom. The molecule has 0 aliphatic carbocycles. The minimum atomic E-state index is -4.88. The van der Waals surface area contributed by atoms with Gasteiger partial charge >= 0.3 is 6.18 Å². The topological polar surface area (TPSA) is 92.7 Å². The summed E-state index contributed by atoms with van der Waals surface area (Å²) in [7, 11) is 0. The Kier molecular flexibility index (Phi) is 3.97. The maximum absolute atomic E-state index is 12.9. The van der Waals surface area contributed by atoms with Gasteiger partial charge in [-0.1, -0.05) is 11.6 Å². The summed E-state index contributed by atoms with van der Waals surface area (Å²) in [6, 6.07) is 5.88. The molecule has 0 radical (unpaired) electrons. The molecule has 0 saturated heterocycles. The van der Waals surface area contributed by atoms with Crippen LogP contribution in [-0.2, 0) is 6.18 Å². The molecular formula is C12H4ClF3N4O2. The Morgan fingerprint density at radius 1 is 1.23 bits per heavy atom. The van der Waals surface area contributed by atoms with Gasteiger partial charge in [-0.3, -0.25) is 10.1 Å². The van der Waals surface area contributed by atoms with Gasteiger partial charge in [0.25, 0.3) is 5.69 Å². The van der Waals surface area contributed by atoms with E-state index in [0.29, 0.717) is 0 Å². The molecule has 0 bridgehead atoms. The van der Waals surface area contributed by atoms with E-state index in [-0.39, 0.29) is 17.1 Å². The molecule has 2 rings (SSSR count). The smallest absolute Gasteiger partial charge is 0.258 e. The van der Waals surface area contributed by atoms with E-state index in [0.717, 1.165) is 12.1 Å². The molecule has 0 amide bonds. The van der Waals surface area contributed by atoms with Crippen molar-refractivity contribution in [2.24, 2.45) is 0 Å². The lowest BCUT2D eigenvalue weighted by Crippen LogP contribution is -2.13. The molecule has 0 spiro atoms. The predicted octanol–water partition coefficient (Wildman–Crippen LogP) is 3.60. The monoisotopic (exact) mass is 328 g/mol. The molecule has 10 heteroatoms.